The van der Waals surface area contributed by atoms with Crippen molar-refractivity contribution in [1.29, 1.82) is 0 Å². The second kappa shape index (κ2) is 5.19. The molecule has 92 valence electrons. The van der Waals surface area contributed by atoms with Gasteiger partial charge in [-0.05, 0) is 18.1 Å². The third-order valence-corrected chi connectivity index (χ3v) is 3.05. The lowest BCUT2D eigenvalue weighted by atomic mass is 9.95. The van der Waals surface area contributed by atoms with Gasteiger partial charge in [0.15, 0.2) is 0 Å². The third-order valence-electron chi connectivity index (χ3n) is 3.05. The van der Waals surface area contributed by atoms with Crippen molar-refractivity contribution >= 4 is 5.97 Å². The first-order chi connectivity index (χ1) is 8.20. The van der Waals surface area contributed by atoms with E-state index in [9.17, 15) is 4.79 Å². The average Bonchev–Trinajstić information content (AvgIpc) is 2.81. The molecule has 1 aliphatic heterocycles. The maximum absolute atomic E-state index is 10.8. The Balaban J connectivity index is 2.26. The summed E-state index contributed by atoms with van der Waals surface area (Å²) in [4.78, 5) is 10.8. The van der Waals surface area contributed by atoms with E-state index < -0.39 is 5.97 Å². The van der Waals surface area contributed by atoms with Crippen LogP contribution in [0.4, 0.5) is 0 Å². The summed E-state index contributed by atoms with van der Waals surface area (Å²) in [6.07, 6.45) is 0.990. The Morgan fingerprint density at radius 3 is 3.00 bits per heavy atom. The van der Waals surface area contributed by atoms with Crippen molar-refractivity contribution in [3.8, 4) is 5.75 Å². The van der Waals surface area contributed by atoms with Crippen LogP contribution in [0.3, 0.4) is 0 Å². The zero-order chi connectivity index (χ0) is 12.3. The number of methoxy groups -OCH3 is 1. The maximum Gasteiger partial charge on any atom is 0.307 e. The monoisotopic (exact) mass is 236 g/mol. The molecule has 0 spiro atoms. The smallest absolute Gasteiger partial charge is 0.307 e. The SMILES string of the molecule is COc1ccc(C2CCOC2)cc1CC(=O)O. The molecule has 1 aromatic rings. The number of carboxylic acids is 1. The lowest BCUT2D eigenvalue weighted by Crippen LogP contribution is -2.05. The Morgan fingerprint density at radius 2 is 2.41 bits per heavy atom. The van der Waals surface area contributed by atoms with Gasteiger partial charge in [0.2, 0.25) is 0 Å². The van der Waals surface area contributed by atoms with Gasteiger partial charge < -0.3 is 14.6 Å². The van der Waals surface area contributed by atoms with Crippen LogP contribution in [0.25, 0.3) is 0 Å². The molecule has 0 aromatic heterocycles. The summed E-state index contributed by atoms with van der Waals surface area (Å²) in [5.41, 5.74) is 1.86. The van der Waals surface area contributed by atoms with Gasteiger partial charge in [0.25, 0.3) is 0 Å². The second-order valence-electron chi connectivity index (χ2n) is 4.20. The van der Waals surface area contributed by atoms with Crippen LogP contribution in [0.5, 0.6) is 5.75 Å². The molecule has 1 aliphatic rings. The highest BCUT2D eigenvalue weighted by Gasteiger charge is 2.19. The molecule has 1 aromatic carbocycles. The van der Waals surface area contributed by atoms with Crippen molar-refractivity contribution in [2.45, 2.75) is 18.8 Å². The number of ether oxygens (including phenoxy) is 2. The fourth-order valence-corrected chi connectivity index (χ4v) is 2.15. The lowest BCUT2D eigenvalue weighted by Gasteiger charge is -2.12. The third kappa shape index (κ3) is 2.77. The van der Waals surface area contributed by atoms with Crippen LogP contribution in [0.15, 0.2) is 18.2 Å². The molecule has 17 heavy (non-hydrogen) atoms. The van der Waals surface area contributed by atoms with Crippen LogP contribution < -0.4 is 4.74 Å². The standard InChI is InChI=1S/C13H16O4/c1-16-12-3-2-9(10-4-5-17-8-10)6-11(12)7-13(14)15/h2-3,6,10H,4-5,7-8H2,1H3,(H,14,15). The number of carboxylic acid groups (broad SMARTS) is 1. The first-order valence-electron chi connectivity index (χ1n) is 5.67. The van der Waals surface area contributed by atoms with Gasteiger partial charge in [-0.2, -0.15) is 0 Å². The van der Waals surface area contributed by atoms with Crippen molar-refractivity contribution in [3.63, 3.8) is 0 Å². The van der Waals surface area contributed by atoms with Gasteiger partial charge in [-0.1, -0.05) is 12.1 Å². The molecule has 0 radical (unpaired) electrons. The summed E-state index contributed by atoms with van der Waals surface area (Å²) in [6, 6.07) is 5.75. The molecule has 0 amide bonds. The van der Waals surface area contributed by atoms with Crippen molar-refractivity contribution in [2.24, 2.45) is 0 Å². The van der Waals surface area contributed by atoms with Crippen molar-refractivity contribution in [3.05, 3.63) is 29.3 Å². The molecule has 1 atom stereocenters. The Kier molecular flexibility index (Phi) is 3.64. The molecule has 4 heteroatoms. The van der Waals surface area contributed by atoms with Gasteiger partial charge in [-0.15, -0.1) is 0 Å². The van der Waals surface area contributed by atoms with E-state index in [0.29, 0.717) is 11.7 Å². The van der Waals surface area contributed by atoms with Gasteiger partial charge in [0.05, 0.1) is 20.1 Å². The minimum atomic E-state index is -0.844. The normalized spacial score (nSPS) is 19.2. The molecule has 0 aliphatic carbocycles. The summed E-state index contributed by atoms with van der Waals surface area (Å²) in [5, 5.41) is 8.86. The quantitative estimate of drug-likeness (QED) is 0.866. The molecular weight excluding hydrogens is 220 g/mol. The van der Waals surface area contributed by atoms with E-state index in [1.165, 1.54) is 0 Å². The number of aliphatic carboxylic acids is 1. The second-order valence-corrected chi connectivity index (χ2v) is 4.20. The minimum Gasteiger partial charge on any atom is -0.496 e. The zero-order valence-corrected chi connectivity index (χ0v) is 9.81. The molecule has 1 saturated heterocycles. The van der Waals surface area contributed by atoms with Crippen LogP contribution in [-0.4, -0.2) is 31.4 Å². The highest BCUT2D eigenvalue weighted by atomic mass is 16.5. The van der Waals surface area contributed by atoms with E-state index in [-0.39, 0.29) is 6.42 Å². The van der Waals surface area contributed by atoms with Crippen LogP contribution in [0, 0.1) is 0 Å². The van der Waals surface area contributed by atoms with Crippen molar-refractivity contribution < 1.29 is 19.4 Å². The predicted octanol–water partition coefficient (Wildman–Crippen LogP) is 1.83. The van der Waals surface area contributed by atoms with Gasteiger partial charge in [-0.3, -0.25) is 4.79 Å². The predicted molar refractivity (Wildman–Crippen MR) is 62.5 cm³/mol. The molecule has 2 rings (SSSR count). The van der Waals surface area contributed by atoms with Crippen LogP contribution in [-0.2, 0) is 16.0 Å². The molecule has 1 heterocycles. The number of carbonyl (C=O) groups is 1. The van der Waals surface area contributed by atoms with E-state index in [1.807, 2.05) is 18.2 Å². The molecule has 0 saturated carbocycles. The molecular formula is C13H16O4. The highest BCUT2D eigenvalue weighted by molar-refractivity contribution is 5.71. The summed E-state index contributed by atoms with van der Waals surface area (Å²) in [6.45, 7) is 1.50. The Morgan fingerprint density at radius 1 is 1.59 bits per heavy atom. The fraction of sp³-hybridized carbons (Fsp3) is 0.462. The first kappa shape index (κ1) is 11.9. The van der Waals surface area contributed by atoms with Gasteiger partial charge in [-0.25, -0.2) is 0 Å². The Labute approximate surface area is 100 Å². The molecule has 0 bridgehead atoms. The molecule has 1 N–H and O–H groups in total. The number of benzene rings is 1. The van der Waals surface area contributed by atoms with Crippen LogP contribution in [0.1, 0.15) is 23.5 Å². The van der Waals surface area contributed by atoms with Crippen molar-refractivity contribution in [1.82, 2.24) is 0 Å². The summed E-state index contributed by atoms with van der Waals surface area (Å²) in [7, 11) is 1.55. The van der Waals surface area contributed by atoms with Gasteiger partial charge in [0.1, 0.15) is 5.75 Å². The van der Waals surface area contributed by atoms with E-state index in [4.69, 9.17) is 14.6 Å². The van der Waals surface area contributed by atoms with Gasteiger partial charge in [0, 0.05) is 18.1 Å². The summed E-state index contributed by atoms with van der Waals surface area (Å²) < 4.78 is 10.5. The topological polar surface area (TPSA) is 55.8 Å². The maximum atomic E-state index is 10.8. The zero-order valence-electron chi connectivity index (χ0n) is 9.81. The summed E-state index contributed by atoms with van der Waals surface area (Å²) in [5.74, 6) is 0.173. The number of rotatable bonds is 4. The Bertz CT molecular complexity index is 408. The number of hydrogen-bond donors (Lipinski definition) is 1. The van der Waals surface area contributed by atoms with E-state index in [0.717, 1.165) is 30.8 Å². The van der Waals surface area contributed by atoms with E-state index >= 15 is 0 Å². The van der Waals surface area contributed by atoms with Crippen molar-refractivity contribution in [2.75, 3.05) is 20.3 Å². The largest absolute Gasteiger partial charge is 0.496 e. The van der Waals surface area contributed by atoms with E-state index in [1.54, 1.807) is 7.11 Å². The molecule has 1 unspecified atom stereocenters. The first-order valence-corrected chi connectivity index (χ1v) is 5.67. The number of hydrogen-bond acceptors (Lipinski definition) is 3. The Hall–Kier alpha value is -1.55. The van der Waals surface area contributed by atoms with Crippen LogP contribution in [0.2, 0.25) is 0 Å². The molecule has 4 nitrogen and oxygen atoms in total. The summed E-state index contributed by atoms with van der Waals surface area (Å²) >= 11 is 0. The lowest BCUT2D eigenvalue weighted by molar-refractivity contribution is -0.136. The van der Waals surface area contributed by atoms with Gasteiger partial charge >= 0.3 is 5.97 Å². The highest BCUT2D eigenvalue weighted by Crippen LogP contribution is 2.29. The fourth-order valence-electron chi connectivity index (χ4n) is 2.15. The average molecular weight is 236 g/mol. The van der Waals surface area contributed by atoms with E-state index in [2.05, 4.69) is 0 Å². The molecule has 1 fully saturated rings. The van der Waals surface area contributed by atoms with Crippen LogP contribution >= 0.6 is 0 Å². The minimum absolute atomic E-state index is 0.00933.